The van der Waals surface area contributed by atoms with Gasteiger partial charge < -0.3 is 0 Å². The van der Waals surface area contributed by atoms with E-state index in [0.717, 1.165) is 5.56 Å². The highest BCUT2D eigenvalue weighted by atomic mass is 16.1. The Morgan fingerprint density at radius 2 is 1.85 bits per heavy atom. The van der Waals surface area contributed by atoms with Crippen molar-refractivity contribution in [1.29, 1.82) is 0 Å². The minimum absolute atomic E-state index is 0.0568. The average Bonchev–Trinajstić information content (AvgIpc) is 2.15. The molecule has 1 atom stereocenters. The quantitative estimate of drug-likeness (QED) is 0.513. The molecule has 0 heterocycles. The summed E-state index contributed by atoms with van der Waals surface area (Å²) in [6, 6.07) is 9.75. The minimum atomic E-state index is -0.0568. The second kappa shape index (κ2) is 4.58. The van der Waals surface area contributed by atoms with E-state index in [9.17, 15) is 4.79 Å². The molecule has 0 aromatic heterocycles. The number of hydrogen-bond acceptors (Lipinski definition) is 2. The first-order valence-electron chi connectivity index (χ1n) is 4.37. The van der Waals surface area contributed by atoms with Gasteiger partial charge >= 0.3 is 0 Å². The van der Waals surface area contributed by atoms with Gasteiger partial charge in [-0.3, -0.25) is 0 Å². The zero-order chi connectivity index (χ0) is 9.68. The van der Waals surface area contributed by atoms with Crippen molar-refractivity contribution >= 4 is 6.08 Å². The highest BCUT2D eigenvalue weighted by Gasteiger charge is 2.13. The molecule has 68 valence electrons. The summed E-state index contributed by atoms with van der Waals surface area (Å²) in [7, 11) is 0. The fraction of sp³-hybridized carbons (Fsp3) is 0.364. The SMILES string of the molecule is CC(C)C(N=C=O)c1ccccc1. The fourth-order valence-electron chi connectivity index (χ4n) is 1.32. The Hall–Kier alpha value is -1.40. The molecule has 0 aliphatic rings. The molecule has 0 saturated carbocycles. The molecule has 0 fully saturated rings. The Kier molecular flexibility index (Phi) is 3.41. The molecule has 0 aliphatic carbocycles. The maximum atomic E-state index is 10.2. The zero-order valence-corrected chi connectivity index (χ0v) is 7.90. The van der Waals surface area contributed by atoms with Crippen LogP contribution in [0.1, 0.15) is 25.5 Å². The maximum absolute atomic E-state index is 10.2. The monoisotopic (exact) mass is 175 g/mol. The molecule has 1 aromatic carbocycles. The van der Waals surface area contributed by atoms with Crippen LogP contribution >= 0.6 is 0 Å². The largest absolute Gasteiger partial charge is 0.235 e. The van der Waals surface area contributed by atoms with Crippen molar-refractivity contribution < 1.29 is 4.79 Å². The third-order valence-corrected chi connectivity index (χ3v) is 1.96. The first kappa shape index (κ1) is 9.69. The Morgan fingerprint density at radius 1 is 1.23 bits per heavy atom. The van der Waals surface area contributed by atoms with Crippen LogP contribution in [-0.2, 0) is 4.79 Å². The number of nitrogens with zero attached hydrogens (tertiary/aromatic N) is 1. The lowest BCUT2D eigenvalue weighted by Crippen LogP contribution is -2.03. The van der Waals surface area contributed by atoms with E-state index in [1.165, 1.54) is 0 Å². The van der Waals surface area contributed by atoms with Gasteiger partial charge in [-0.1, -0.05) is 44.2 Å². The van der Waals surface area contributed by atoms with Gasteiger partial charge in [0.25, 0.3) is 0 Å². The van der Waals surface area contributed by atoms with Crippen molar-refractivity contribution in [2.24, 2.45) is 10.9 Å². The molecule has 2 heteroatoms. The number of carbonyl (C=O) groups excluding carboxylic acids is 1. The van der Waals surface area contributed by atoms with Crippen LogP contribution < -0.4 is 0 Å². The normalized spacial score (nSPS) is 12.2. The standard InChI is InChI=1S/C11H13NO/c1-9(2)11(12-8-13)10-6-4-3-5-7-10/h3-7,9,11H,1-2H3. The Bertz CT molecular complexity index is 299. The highest BCUT2D eigenvalue weighted by Crippen LogP contribution is 2.24. The van der Waals surface area contributed by atoms with Gasteiger partial charge in [0.1, 0.15) is 0 Å². The predicted octanol–water partition coefficient (Wildman–Crippen LogP) is 2.72. The van der Waals surface area contributed by atoms with E-state index >= 15 is 0 Å². The molecular weight excluding hydrogens is 162 g/mol. The minimum Gasteiger partial charge on any atom is -0.211 e. The Balaban J connectivity index is 2.95. The summed E-state index contributed by atoms with van der Waals surface area (Å²) >= 11 is 0. The summed E-state index contributed by atoms with van der Waals surface area (Å²) in [5.74, 6) is 0.323. The highest BCUT2D eigenvalue weighted by molar-refractivity contribution is 5.35. The van der Waals surface area contributed by atoms with Gasteiger partial charge in [-0.2, -0.15) is 4.99 Å². The molecule has 13 heavy (non-hydrogen) atoms. The summed E-state index contributed by atoms with van der Waals surface area (Å²) in [4.78, 5) is 14.0. The van der Waals surface area contributed by atoms with Gasteiger partial charge in [0, 0.05) is 0 Å². The summed E-state index contributed by atoms with van der Waals surface area (Å²) < 4.78 is 0. The molecule has 0 bridgehead atoms. The van der Waals surface area contributed by atoms with Crippen LogP contribution in [0, 0.1) is 5.92 Å². The van der Waals surface area contributed by atoms with Gasteiger partial charge in [-0.15, -0.1) is 0 Å². The number of isocyanates is 1. The van der Waals surface area contributed by atoms with E-state index in [1.54, 1.807) is 6.08 Å². The van der Waals surface area contributed by atoms with E-state index in [0.29, 0.717) is 5.92 Å². The van der Waals surface area contributed by atoms with Crippen LogP contribution in [0.3, 0.4) is 0 Å². The topological polar surface area (TPSA) is 29.4 Å². The van der Waals surface area contributed by atoms with E-state index in [-0.39, 0.29) is 6.04 Å². The molecule has 0 saturated heterocycles. The van der Waals surface area contributed by atoms with Crippen LogP contribution in [0.15, 0.2) is 35.3 Å². The van der Waals surface area contributed by atoms with E-state index in [1.807, 2.05) is 44.2 Å². The third-order valence-electron chi connectivity index (χ3n) is 1.96. The van der Waals surface area contributed by atoms with Crippen molar-refractivity contribution in [3.63, 3.8) is 0 Å². The molecule has 1 unspecified atom stereocenters. The molecular formula is C11H13NO. The van der Waals surface area contributed by atoms with Crippen LogP contribution in [0.4, 0.5) is 0 Å². The number of aliphatic imine (C=N–C) groups is 1. The first-order valence-corrected chi connectivity index (χ1v) is 4.37. The molecule has 1 aromatic rings. The van der Waals surface area contributed by atoms with Crippen molar-refractivity contribution in [2.75, 3.05) is 0 Å². The van der Waals surface area contributed by atoms with E-state index in [2.05, 4.69) is 4.99 Å². The molecule has 0 aliphatic heterocycles. The molecule has 2 nitrogen and oxygen atoms in total. The molecule has 0 spiro atoms. The van der Waals surface area contributed by atoms with Gasteiger partial charge in [-0.25, -0.2) is 4.79 Å². The van der Waals surface area contributed by atoms with E-state index < -0.39 is 0 Å². The van der Waals surface area contributed by atoms with Crippen molar-refractivity contribution in [1.82, 2.24) is 0 Å². The molecule has 0 N–H and O–H groups in total. The third kappa shape index (κ3) is 2.53. The van der Waals surface area contributed by atoms with Crippen molar-refractivity contribution in [2.45, 2.75) is 19.9 Å². The summed E-state index contributed by atoms with van der Waals surface area (Å²) in [6.45, 7) is 4.08. The summed E-state index contributed by atoms with van der Waals surface area (Å²) in [6.07, 6.45) is 1.62. The Labute approximate surface area is 78.3 Å². The van der Waals surface area contributed by atoms with Gasteiger partial charge in [0.2, 0.25) is 6.08 Å². The lowest BCUT2D eigenvalue weighted by molar-refractivity contribution is 0.502. The van der Waals surface area contributed by atoms with Crippen LogP contribution in [0.2, 0.25) is 0 Å². The fourth-order valence-corrected chi connectivity index (χ4v) is 1.32. The summed E-state index contributed by atoms with van der Waals surface area (Å²) in [5.41, 5.74) is 1.07. The smallest absolute Gasteiger partial charge is 0.211 e. The number of rotatable bonds is 3. The first-order chi connectivity index (χ1) is 6.25. The second-order valence-electron chi connectivity index (χ2n) is 3.32. The van der Waals surface area contributed by atoms with E-state index in [4.69, 9.17) is 0 Å². The maximum Gasteiger partial charge on any atom is 0.235 e. The zero-order valence-electron chi connectivity index (χ0n) is 7.90. The van der Waals surface area contributed by atoms with Gasteiger partial charge in [-0.05, 0) is 11.5 Å². The number of hydrogen-bond donors (Lipinski definition) is 0. The lowest BCUT2D eigenvalue weighted by Gasteiger charge is -2.14. The average molecular weight is 175 g/mol. The van der Waals surface area contributed by atoms with Crippen molar-refractivity contribution in [3.8, 4) is 0 Å². The van der Waals surface area contributed by atoms with Gasteiger partial charge in [0.15, 0.2) is 0 Å². The van der Waals surface area contributed by atoms with Gasteiger partial charge in [0.05, 0.1) is 6.04 Å². The molecule has 0 radical (unpaired) electrons. The van der Waals surface area contributed by atoms with Crippen LogP contribution in [-0.4, -0.2) is 6.08 Å². The van der Waals surface area contributed by atoms with Crippen LogP contribution in [0.25, 0.3) is 0 Å². The number of benzene rings is 1. The lowest BCUT2D eigenvalue weighted by atomic mass is 9.97. The molecule has 1 rings (SSSR count). The summed E-state index contributed by atoms with van der Waals surface area (Å²) in [5, 5.41) is 0. The second-order valence-corrected chi connectivity index (χ2v) is 3.32. The Morgan fingerprint density at radius 3 is 2.31 bits per heavy atom. The van der Waals surface area contributed by atoms with Crippen molar-refractivity contribution in [3.05, 3.63) is 35.9 Å². The molecule has 0 amide bonds. The predicted molar refractivity (Wildman–Crippen MR) is 52.1 cm³/mol. The van der Waals surface area contributed by atoms with Crippen LogP contribution in [0.5, 0.6) is 0 Å².